The van der Waals surface area contributed by atoms with E-state index < -0.39 is 11.7 Å². The van der Waals surface area contributed by atoms with Crippen LogP contribution in [0.2, 0.25) is 0 Å². The van der Waals surface area contributed by atoms with Crippen molar-refractivity contribution in [2.24, 2.45) is 0 Å². The summed E-state index contributed by atoms with van der Waals surface area (Å²) in [7, 11) is 0. The molecule has 5 rings (SSSR count). The van der Waals surface area contributed by atoms with Crippen LogP contribution in [-0.4, -0.2) is 28.5 Å². The van der Waals surface area contributed by atoms with Crippen molar-refractivity contribution in [3.63, 3.8) is 0 Å². The monoisotopic (exact) mass is 458 g/mol. The largest absolute Gasteiger partial charge is 0.586 e. The third-order valence-electron chi connectivity index (χ3n) is 6.39. The first-order valence-electron chi connectivity index (χ1n) is 11.0. The van der Waals surface area contributed by atoms with Gasteiger partial charge in [0.1, 0.15) is 0 Å². The van der Waals surface area contributed by atoms with Gasteiger partial charge < -0.3 is 24.5 Å². The van der Waals surface area contributed by atoms with Crippen molar-refractivity contribution in [3.05, 3.63) is 53.7 Å². The van der Waals surface area contributed by atoms with Gasteiger partial charge in [0.15, 0.2) is 11.5 Å². The molecule has 6 nitrogen and oxygen atoms in total. The van der Waals surface area contributed by atoms with Crippen LogP contribution in [0.5, 0.6) is 11.5 Å². The highest BCUT2D eigenvalue weighted by Gasteiger charge is 2.52. The third-order valence-corrected chi connectivity index (χ3v) is 6.39. The van der Waals surface area contributed by atoms with E-state index in [4.69, 9.17) is 0 Å². The summed E-state index contributed by atoms with van der Waals surface area (Å²) in [6, 6.07) is 12.3. The molecule has 0 spiro atoms. The second-order valence-electron chi connectivity index (χ2n) is 9.79. The Morgan fingerprint density at radius 1 is 1.12 bits per heavy atom. The number of fused-ring (bicyclic) bond motifs is 2. The Balaban J connectivity index is 0.00000274. The lowest BCUT2D eigenvalue weighted by Gasteiger charge is -2.21. The molecule has 2 heterocycles. The Hall–Kier alpha value is -3.13. The van der Waals surface area contributed by atoms with Crippen LogP contribution < -0.4 is 14.8 Å². The molecule has 1 aliphatic carbocycles. The predicted octanol–water partition coefficient (Wildman–Crippen LogP) is 5.17. The first-order valence-corrected chi connectivity index (χ1v) is 11.0. The number of nitrogens with zero attached hydrogens (tertiary/aromatic N) is 1. The second kappa shape index (κ2) is 7.18. The number of benzene rings is 2. The summed E-state index contributed by atoms with van der Waals surface area (Å²) in [5, 5.41) is 13.5. The number of nitrogens with one attached hydrogen (secondary N) is 1. The molecular weight excluding hydrogens is 430 g/mol. The number of rotatable bonds is 5. The summed E-state index contributed by atoms with van der Waals surface area (Å²) in [5.41, 5.74) is 2.50. The van der Waals surface area contributed by atoms with E-state index in [0.29, 0.717) is 30.6 Å². The minimum absolute atomic E-state index is 0. The zero-order chi connectivity index (χ0) is 23.6. The highest BCUT2D eigenvalue weighted by atomic mass is 19.3. The maximum Gasteiger partial charge on any atom is 0.586 e. The van der Waals surface area contributed by atoms with Gasteiger partial charge in [0, 0.05) is 35.7 Å². The van der Waals surface area contributed by atoms with Crippen molar-refractivity contribution in [1.82, 2.24) is 4.57 Å². The number of ether oxygens (including phenoxy) is 2. The zero-order valence-electron chi connectivity index (χ0n) is 18.7. The van der Waals surface area contributed by atoms with Crippen LogP contribution in [0, 0.1) is 0 Å². The standard InChI is InChI=1S/C25H26F2N2O4.H2/c1-23(2,3)21-13-15-12-17(5-6-18(15)29(21)10-11-30)28-22(31)24(8-9-24)16-4-7-19-20(14-16)33-25(26,27)32-19;/h4-7,12-14,30H,8-11H2,1-3H3,(H,28,31);1H. The number of halogens is 2. The third kappa shape index (κ3) is 3.72. The fourth-order valence-electron chi connectivity index (χ4n) is 4.58. The normalized spacial score (nSPS) is 17.9. The predicted molar refractivity (Wildman–Crippen MR) is 122 cm³/mol. The molecule has 8 heteroatoms. The maximum absolute atomic E-state index is 13.4. The van der Waals surface area contributed by atoms with Crippen molar-refractivity contribution in [2.45, 2.75) is 57.3 Å². The van der Waals surface area contributed by atoms with Crippen molar-refractivity contribution in [1.29, 1.82) is 0 Å². The van der Waals surface area contributed by atoms with E-state index in [9.17, 15) is 18.7 Å². The lowest BCUT2D eigenvalue weighted by atomic mass is 9.92. The Morgan fingerprint density at radius 2 is 1.85 bits per heavy atom. The molecule has 0 saturated heterocycles. The SMILES string of the molecule is CC(C)(C)c1cc2cc(NC(=O)C3(c4ccc5c(c4)OC(F)(F)O5)CC3)ccc2n1CCO.[HH]. The number of aliphatic hydroxyl groups excluding tert-OH is 1. The first-order chi connectivity index (χ1) is 15.5. The van der Waals surface area contributed by atoms with Gasteiger partial charge in [-0.15, -0.1) is 8.78 Å². The maximum atomic E-state index is 13.4. The van der Waals surface area contributed by atoms with E-state index in [1.54, 1.807) is 6.07 Å². The number of amides is 1. The van der Waals surface area contributed by atoms with E-state index in [1.807, 2.05) is 18.2 Å². The van der Waals surface area contributed by atoms with E-state index in [-0.39, 0.29) is 30.9 Å². The summed E-state index contributed by atoms with van der Waals surface area (Å²) < 4.78 is 37.9. The topological polar surface area (TPSA) is 72.7 Å². The molecule has 0 atom stereocenters. The Kier molecular flexibility index (Phi) is 4.72. The van der Waals surface area contributed by atoms with Gasteiger partial charge in [-0.25, -0.2) is 0 Å². The van der Waals surface area contributed by atoms with E-state index >= 15 is 0 Å². The van der Waals surface area contributed by atoms with Gasteiger partial charge >= 0.3 is 6.29 Å². The summed E-state index contributed by atoms with van der Waals surface area (Å²) >= 11 is 0. The van der Waals surface area contributed by atoms with Crippen molar-refractivity contribution in [3.8, 4) is 11.5 Å². The van der Waals surface area contributed by atoms with Gasteiger partial charge in [-0.05, 0) is 54.8 Å². The molecule has 1 amide bonds. The number of aromatic nitrogens is 1. The molecule has 1 aromatic heterocycles. The highest BCUT2D eigenvalue weighted by Crippen LogP contribution is 2.52. The van der Waals surface area contributed by atoms with Crippen molar-refractivity contribution >= 4 is 22.5 Å². The fourth-order valence-corrected chi connectivity index (χ4v) is 4.58. The molecule has 0 bridgehead atoms. The van der Waals surface area contributed by atoms with Gasteiger partial charge in [-0.2, -0.15) is 0 Å². The molecule has 1 saturated carbocycles. The average Bonchev–Trinajstić information content (AvgIpc) is 3.37. The first kappa shape index (κ1) is 21.7. The van der Waals surface area contributed by atoms with Gasteiger partial charge in [0.25, 0.3) is 0 Å². The number of alkyl halides is 2. The van der Waals surface area contributed by atoms with Crippen LogP contribution in [0.3, 0.4) is 0 Å². The fraction of sp³-hybridized carbons (Fsp3) is 0.400. The number of aliphatic hydroxyl groups is 1. The van der Waals surface area contributed by atoms with Gasteiger partial charge in [-0.3, -0.25) is 4.79 Å². The molecule has 2 aromatic carbocycles. The lowest BCUT2D eigenvalue weighted by molar-refractivity contribution is -0.286. The molecule has 1 aliphatic heterocycles. The molecule has 2 aliphatic rings. The van der Waals surface area contributed by atoms with E-state index in [2.05, 4.69) is 46.2 Å². The number of hydrogen-bond acceptors (Lipinski definition) is 4. The number of carbonyl (C=O) groups is 1. The van der Waals surface area contributed by atoms with Gasteiger partial charge in [0.2, 0.25) is 5.91 Å². The number of carbonyl (C=O) groups excluding carboxylic acids is 1. The molecule has 0 unspecified atom stereocenters. The molecule has 176 valence electrons. The average molecular weight is 459 g/mol. The van der Waals surface area contributed by atoms with Crippen LogP contribution in [0.4, 0.5) is 14.5 Å². The Labute approximate surface area is 191 Å². The van der Waals surface area contributed by atoms with Crippen LogP contribution >= 0.6 is 0 Å². The van der Waals surface area contributed by atoms with Crippen LogP contribution in [-0.2, 0) is 22.2 Å². The molecular formula is C25H28F2N2O4. The van der Waals surface area contributed by atoms with Crippen molar-refractivity contribution < 1.29 is 29.6 Å². The minimum Gasteiger partial charge on any atom is -0.395 e. The van der Waals surface area contributed by atoms with E-state index in [1.165, 1.54) is 12.1 Å². The molecule has 0 radical (unpaired) electrons. The van der Waals surface area contributed by atoms with Crippen molar-refractivity contribution in [2.75, 3.05) is 11.9 Å². The summed E-state index contributed by atoms with van der Waals surface area (Å²) in [6.07, 6.45) is -2.44. The molecule has 2 N–H and O–H groups in total. The zero-order valence-corrected chi connectivity index (χ0v) is 18.7. The van der Waals surface area contributed by atoms with Crippen LogP contribution in [0.15, 0.2) is 42.5 Å². The summed E-state index contributed by atoms with van der Waals surface area (Å²) in [4.78, 5) is 13.2. The van der Waals surface area contributed by atoms with E-state index in [0.717, 1.165) is 16.6 Å². The van der Waals surface area contributed by atoms with Gasteiger partial charge in [-0.1, -0.05) is 26.8 Å². The molecule has 33 heavy (non-hydrogen) atoms. The summed E-state index contributed by atoms with van der Waals surface area (Å²) in [5.74, 6) is -0.274. The smallest absolute Gasteiger partial charge is 0.395 e. The lowest BCUT2D eigenvalue weighted by Crippen LogP contribution is -2.27. The summed E-state index contributed by atoms with van der Waals surface area (Å²) in [6.45, 7) is 6.89. The Bertz CT molecular complexity index is 1260. The minimum atomic E-state index is -3.69. The number of hydrogen-bond donors (Lipinski definition) is 2. The quantitative estimate of drug-likeness (QED) is 0.553. The molecule has 1 fully saturated rings. The second-order valence-corrected chi connectivity index (χ2v) is 9.79. The van der Waals surface area contributed by atoms with Gasteiger partial charge in [0.05, 0.1) is 12.0 Å². The molecule has 3 aromatic rings. The van der Waals surface area contributed by atoms with Crippen LogP contribution in [0.25, 0.3) is 10.9 Å². The highest BCUT2D eigenvalue weighted by molar-refractivity contribution is 6.02. The van der Waals surface area contributed by atoms with Crippen LogP contribution in [0.1, 0.15) is 46.3 Å². The Morgan fingerprint density at radius 3 is 2.52 bits per heavy atom. The number of anilines is 1.